The fourth-order valence-corrected chi connectivity index (χ4v) is 1.23. The molecule has 1 aromatic heterocycles. The monoisotopic (exact) mass is 195 g/mol. The van der Waals surface area contributed by atoms with Crippen molar-refractivity contribution in [1.82, 2.24) is 4.98 Å². The molecule has 0 aliphatic carbocycles. The Morgan fingerprint density at radius 1 is 1.46 bits per heavy atom. The summed E-state index contributed by atoms with van der Waals surface area (Å²) >= 11 is 5.02. The first-order valence-corrected chi connectivity index (χ1v) is 4.56. The predicted octanol–water partition coefficient (Wildman–Crippen LogP) is 2.97. The SMILES string of the molecule is CC(C)(C)C(=O)c1ccc[nH]c1=S. The normalized spacial score (nSPS) is 11.3. The maximum absolute atomic E-state index is 11.8. The summed E-state index contributed by atoms with van der Waals surface area (Å²) in [6.07, 6.45) is 1.72. The van der Waals surface area contributed by atoms with Gasteiger partial charge in [0.15, 0.2) is 5.78 Å². The smallest absolute Gasteiger partial charge is 0.171 e. The molecular formula is C10H13NOS. The molecule has 0 amide bonds. The van der Waals surface area contributed by atoms with Gasteiger partial charge < -0.3 is 4.98 Å². The molecule has 2 nitrogen and oxygen atoms in total. The highest BCUT2D eigenvalue weighted by molar-refractivity contribution is 7.71. The van der Waals surface area contributed by atoms with Crippen molar-refractivity contribution in [2.75, 3.05) is 0 Å². The fourth-order valence-electron chi connectivity index (χ4n) is 1.00. The molecule has 0 bridgehead atoms. The molecule has 3 heteroatoms. The zero-order valence-electron chi connectivity index (χ0n) is 8.05. The van der Waals surface area contributed by atoms with E-state index in [1.165, 1.54) is 0 Å². The van der Waals surface area contributed by atoms with Crippen molar-refractivity contribution in [2.24, 2.45) is 5.41 Å². The number of carbonyl (C=O) groups is 1. The van der Waals surface area contributed by atoms with Crippen molar-refractivity contribution in [1.29, 1.82) is 0 Å². The average Bonchev–Trinajstić information content (AvgIpc) is 2.02. The third kappa shape index (κ3) is 2.25. The fraction of sp³-hybridized carbons (Fsp3) is 0.400. The zero-order chi connectivity index (χ0) is 10.1. The number of carbonyl (C=O) groups excluding carboxylic acids is 1. The average molecular weight is 195 g/mol. The molecular weight excluding hydrogens is 182 g/mol. The molecule has 1 rings (SSSR count). The number of nitrogens with one attached hydrogen (secondary N) is 1. The zero-order valence-corrected chi connectivity index (χ0v) is 8.87. The lowest BCUT2D eigenvalue weighted by atomic mass is 9.87. The van der Waals surface area contributed by atoms with Crippen LogP contribution in [-0.2, 0) is 0 Å². The van der Waals surface area contributed by atoms with Gasteiger partial charge in [0.2, 0.25) is 0 Å². The van der Waals surface area contributed by atoms with Gasteiger partial charge in [-0.1, -0.05) is 33.0 Å². The van der Waals surface area contributed by atoms with E-state index in [4.69, 9.17) is 12.2 Å². The van der Waals surface area contributed by atoms with Crippen molar-refractivity contribution in [3.63, 3.8) is 0 Å². The molecule has 0 saturated carbocycles. The van der Waals surface area contributed by atoms with Crippen molar-refractivity contribution in [3.8, 4) is 0 Å². The second kappa shape index (κ2) is 3.42. The Morgan fingerprint density at radius 3 is 2.54 bits per heavy atom. The third-order valence-corrected chi connectivity index (χ3v) is 2.08. The molecule has 0 unspecified atom stereocenters. The van der Waals surface area contributed by atoms with Gasteiger partial charge in [0.25, 0.3) is 0 Å². The molecule has 0 aromatic carbocycles. The van der Waals surface area contributed by atoms with Crippen LogP contribution < -0.4 is 0 Å². The number of aromatic nitrogens is 1. The standard InChI is InChI=1S/C10H13NOS/c1-10(2,3)8(12)7-5-4-6-11-9(7)13/h4-6H,1-3H3,(H,11,13). The first-order valence-electron chi connectivity index (χ1n) is 4.15. The maximum atomic E-state index is 11.8. The van der Waals surface area contributed by atoms with Crippen LogP contribution in [0.2, 0.25) is 0 Å². The van der Waals surface area contributed by atoms with Crippen LogP contribution in [0.1, 0.15) is 31.1 Å². The first kappa shape index (κ1) is 10.1. The summed E-state index contributed by atoms with van der Waals surface area (Å²) in [6, 6.07) is 3.54. The Labute approximate surface area is 83.0 Å². The molecule has 70 valence electrons. The summed E-state index contributed by atoms with van der Waals surface area (Å²) < 4.78 is 0.516. The molecule has 13 heavy (non-hydrogen) atoms. The predicted molar refractivity (Wildman–Crippen MR) is 55.4 cm³/mol. The Balaban J connectivity index is 3.18. The lowest BCUT2D eigenvalue weighted by Crippen LogP contribution is -2.20. The summed E-state index contributed by atoms with van der Waals surface area (Å²) in [6.45, 7) is 5.66. The van der Waals surface area contributed by atoms with E-state index < -0.39 is 0 Å². The molecule has 1 N–H and O–H groups in total. The van der Waals surface area contributed by atoms with Crippen molar-refractivity contribution in [3.05, 3.63) is 28.5 Å². The Bertz CT molecular complexity index is 373. The van der Waals surface area contributed by atoms with Crippen molar-refractivity contribution in [2.45, 2.75) is 20.8 Å². The largest absolute Gasteiger partial charge is 0.352 e. The molecule has 0 fully saturated rings. The minimum atomic E-state index is -0.372. The lowest BCUT2D eigenvalue weighted by Gasteiger charge is -2.16. The maximum Gasteiger partial charge on any atom is 0.171 e. The van der Waals surface area contributed by atoms with Gasteiger partial charge in [0.05, 0.1) is 5.56 Å². The number of H-pyrrole nitrogens is 1. The third-order valence-electron chi connectivity index (χ3n) is 1.74. The van der Waals surface area contributed by atoms with E-state index in [1.54, 1.807) is 18.3 Å². The van der Waals surface area contributed by atoms with Crippen LogP contribution in [0.5, 0.6) is 0 Å². The molecule has 0 aliphatic heterocycles. The van der Waals surface area contributed by atoms with Crippen LogP contribution in [0.4, 0.5) is 0 Å². The van der Waals surface area contributed by atoms with Crippen LogP contribution in [0.25, 0.3) is 0 Å². The Kier molecular flexibility index (Phi) is 2.66. The second-order valence-corrected chi connectivity index (χ2v) is 4.40. The molecule has 0 saturated heterocycles. The highest BCUT2D eigenvalue weighted by Crippen LogP contribution is 2.20. The summed E-state index contributed by atoms with van der Waals surface area (Å²) in [7, 11) is 0. The first-order chi connectivity index (χ1) is 5.93. The Morgan fingerprint density at radius 2 is 2.08 bits per heavy atom. The minimum Gasteiger partial charge on any atom is -0.352 e. The number of rotatable bonds is 1. The van der Waals surface area contributed by atoms with Crippen LogP contribution in [0.3, 0.4) is 0 Å². The van der Waals surface area contributed by atoms with Crippen LogP contribution >= 0.6 is 12.2 Å². The van der Waals surface area contributed by atoms with Gasteiger partial charge in [-0.2, -0.15) is 0 Å². The minimum absolute atomic E-state index is 0.0781. The number of Topliss-reactive ketones (excluding diaryl/α,β-unsaturated/α-hetero) is 1. The van der Waals surface area contributed by atoms with E-state index in [0.717, 1.165) is 0 Å². The lowest BCUT2D eigenvalue weighted by molar-refractivity contribution is 0.0857. The van der Waals surface area contributed by atoms with E-state index >= 15 is 0 Å². The van der Waals surface area contributed by atoms with Gasteiger partial charge in [-0.25, -0.2) is 0 Å². The van der Waals surface area contributed by atoms with Gasteiger partial charge >= 0.3 is 0 Å². The van der Waals surface area contributed by atoms with Crippen LogP contribution in [-0.4, -0.2) is 10.8 Å². The molecule has 0 radical (unpaired) electrons. The quantitative estimate of drug-likeness (QED) is 0.552. The highest BCUT2D eigenvalue weighted by atomic mass is 32.1. The van der Waals surface area contributed by atoms with Gasteiger partial charge in [-0.3, -0.25) is 4.79 Å². The van der Waals surface area contributed by atoms with Gasteiger partial charge in [-0.15, -0.1) is 0 Å². The van der Waals surface area contributed by atoms with E-state index in [1.807, 2.05) is 20.8 Å². The number of pyridine rings is 1. The molecule has 0 spiro atoms. The van der Waals surface area contributed by atoms with Crippen molar-refractivity contribution >= 4 is 18.0 Å². The topological polar surface area (TPSA) is 32.9 Å². The molecule has 1 heterocycles. The highest BCUT2D eigenvalue weighted by Gasteiger charge is 2.23. The molecule has 1 aromatic rings. The van der Waals surface area contributed by atoms with Gasteiger partial charge in [0, 0.05) is 11.6 Å². The molecule has 0 atom stereocenters. The second-order valence-electron chi connectivity index (χ2n) is 3.99. The number of hydrogen-bond donors (Lipinski definition) is 1. The number of hydrogen-bond acceptors (Lipinski definition) is 2. The van der Waals surface area contributed by atoms with Gasteiger partial charge in [0.1, 0.15) is 4.64 Å². The van der Waals surface area contributed by atoms with Gasteiger partial charge in [-0.05, 0) is 12.1 Å². The number of aromatic amines is 1. The Hall–Kier alpha value is -0.960. The van der Waals surface area contributed by atoms with E-state index in [0.29, 0.717) is 10.2 Å². The van der Waals surface area contributed by atoms with Crippen LogP contribution in [0, 0.1) is 10.1 Å². The molecule has 0 aliphatic rings. The number of ketones is 1. The summed E-state index contributed by atoms with van der Waals surface area (Å²) in [5.41, 5.74) is 0.230. The van der Waals surface area contributed by atoms with E-state index in [-0.39, 0.29) is 11.2 Å². The van der Waals surface area contributed by atoms with E-state index in [2.05, 4.69) is 4.98 Å². The summed E-state index contributed by atoms with van der Waals surface area (Å²) in [5, 5.41) is 0. The summed E-state index contributed by atoms with van der Waals surface area (Å²) in [5.74, 6) is 0.0781. The van der Waals surface area contributed by atoms with Crippen molar-refractivity contribution < 1.29 is 4.79 Å². The van der Waals surface area contributed by atoms with E-state index in [9.17, 15) is 4.79 Å². The summed E-state index contributed by atoms with van der Waals surface area (Å²) in [4.78, 5) is 14.6. The van der Waals surface area contributed by atoms with Crippen LogP contribution in [0.15, 0.2) is 18.3 Å².